The summed E-state index contributed by atoms with van der Waals surface area (Å²) in [5, 5.41) is 9.54. The Morgan fingerprint density at radius 2 is 1.88 bits per heavy atom. The Labute approximate surface area is 95.7 Å². The number of benzene rings is 1. The molecule has 2 aromatic rings. The van der Waals surface area contributed by atoms with Crippen LogP contribution in [0.3, 0.4) is 0 Å². The maximum atomic E-state index is 9.54. The Kier molecular flexibility index (Phi) is 2.62. The highest BCUT2D eigenvalue weighted by molar-refractivity contribution is 5.78. The minimum atomic E-state index is 0.296. The summed E-state index contributed by atoms with van der Waals surface area (Å²) in [7, 11) is 0. The molecule has 1 heterocycles. The lowest BCUT2D eigenvalue weighted by molar-refractivity contribution is 0.475. The van der Waals surface area contributed by atoms with Crippen molar-refractivity contribution < 1.29 is 5.11 Å². The SMILES string of the molecule is CC(C)c1nc2ccc(O)cc2n1C(C)C. The molecule has 0 unspecified atom stereocenters. The third kappa shape index (κ3) is 1.66. The average Bonchev–Trinajstić information content (AvgIpc) is 2.55. The van der Waals surface area contributed by atoms with Gasteiger partial charge in [0, 0.05) is 18.0 Å². The highest BCUT2D eigenvalue weighted by Crippen LogP contribution is 2.27. The number of phenols is 1. The van der Waals surface area contributed by atoms with Crippen molar-refractivity contribution >= 4 is 11.0 Å². The summed E-state index contributed by atoms with van der Waals surface area (Å²) in [6.07, 6.45) is 0. The van der Waals surface area contributed by atoms with Crippen LogP contribution in [0.1, 0.15) is 45.5 Å². The summed E-state index contributed by atoms with van der Waals surface area (Å²) in [5.41, 5.74) is 1.97. The number of rotatable bonds is 2. The second kappa shape index (κ2) is 3.81. The lowest BCUT2D eigenvalue weighted by atomic mass is 10.2. The van der Waals surface area contributed by atoms with Crippen LogP contribution in [0.25, 0.3) is 11.0 Å². The molecule has 0 amide bonds. The van der Waals surface area contributed by atoms with Crippen LogP contribution in [0, 0.1) is 0 Å². The van der Waals surface area contributed by atoms with Crippen molar-refractivity contribution in [1.29, 1.82) is 0 Å². The zero-order valence-corrected chi connectivity index (χ0v) is 10.2. The van der Waals surface area contributed by atoms with Gasteiger partial charge in [-0.2, -0.15) is 0 Å². The molecule has 86 valence electrons. The normalized spacial score (nSPS) is 11.9. The second-order valence-electron chi connectivity index (χ2n) is 4.76. The highest BCUT2D eigenvalue weighted by atomic mass is 16.3. The van der Waals surface area contributed by atoms with E-state index in [0.29, 0.717) is 17.7 Å². The molecule has 0 spiro atoms. The fourth-order valence-corrected chi connectivity index (χ4v) is 2.05. The van der Waals surface area contributed by atoms with Crippen molar-refractivity contribution in [3.63, 3.8) is 0 Å². The van der Waals surface area contributed by atoms with Crippen LogP contribution in [0.2, 0.25) is 0 Å². The van der Waals surface area contributed by atoms with Crippen LogP contribution in [-0.4, -0.2) is 14.7 Å². The first-order valence-electron chi connectivity index (χ1n) is 5.71. The summed E-state index contributed by atoms with van der Waals surface area (Å²) in [6, 6.07) is 5.69. The van der Waals surface area contributed by atoms with E-state index < -0.39 is 0 Å². The van der Waals surface area contributed by atoms with E-state index in [0.717, 1.165) is 16.9 Å². The van der Waals surface area contributed by atoms with Crippen LogP contribution < -0.4 is 0 Å². The third-order valence-electron chi connectivity index (χ3n) is 2.73. The minimum Gasteiger partial charge on any atom is -0.508 e. The standard InChI is InChI=1S/C13H18N2O/c1-8(2)13-14-11-6-5-10(16)7-12(11)15(13)9(3)4/h5-9,16H,1-4H3. The number of hydrogen-bond acceptors (Lipinski definition) is 2. The van der Waals surface area contributed by atoms with Crippen molar-refractivity contribution in [2.24, 2.45) is 0 Å². The molecular weight excluding hydrogens is 200 g/mol. The monoisotopic (exact) mass is 218 g/mol. The highest BCUT2D eigenvalue weighted by Gasteiger charge is 2.15. The first kappa shape index (κ1) is 11.0. The second-order valence-corrected chi connectivity index (χ2v) is 4.76. The summed E-state index contributed by atoms with van der Waals surface area (Å²) >= 11 is 0. The molecule has 0 fully saturated rings. The Morgan fingerprint density at radius 3 is 2.44 bits per heavy atom. The molecule has 0 aliphatic heterocycles. The number of imidazole rings is 1. The van der Waals surface area contributed by atoms with Crippen LogP contribution in [0.15, 0.2) is 18.2 Å². The van der Waals surface area contributed by atoms with Gasteiger partial charge in [-0.1, -0.05) is 13.8 Å². The van der Waals surface area contributed by atoms with Gasteiger partial charge in [0.05, 0.1) is 11.0 Å². The number of phenolic OH excluding ortho intramolecular Hbond substituents is 1. The predicted octanol–water partition coefficient (Wildman–Crippen LogP) is 3.45. The van der Waals surface area contributed by atoms with Gasteiger partial charge in [0.15, 0.2) is 0 Å². The fraction of sp³-hybridized carbons (Fsp3) is 0.462. The molecule has 0 bridgehead atoms. The van der Waals surface area contributed by atoms with Crippen LogP contribution in [0.4, 0.5) is 0 Å². The summed E-state index contributed by atoms with van der Waals surface area (Å²) in [4.78, 5) is 4.63. The molecule has 16 heavy (non-hydrogen) atoms. The molecule has 0 atom stereocenters. The van der Waals surface area contributed by atoms with Crippen molar-refractivity contribution in [3.05, 3.63) is 24.0 Å². The smallest absolute Gasteiger partial charge is 0.117 e. The van der Waals surface area contributed by atoms with Gasteiger partial charge in [-0.15, -0.1) is 0 Å². The molecule has 0 aliphatic carbocycles. The van der Waals surface area contributed by atoms with E-state index in [9.17, 15) is 5.11 Å². The van der Waals surface area contributed by atoms with Crippen molar-refractivity contribution in [1.82, 2.24) is 9.55 Å². The van der Waals surface area contributed by atoms with Gasteiger partial charge in [0.25, 0.3) is 0 Å². The quantitative estimate of drug-likeness (QED) is 0.838. The summed E-state index contributed by atoms with van der Waals surface area (Å²) in [5.74, 6) is 1.76. The molecule has 0 aliphatic rings. The van der Waals surface area contributed by atoms with E-state index in [1.807, 2.05) is 6.07 Å². The number of hydrogen-bond donors (Lipinski definition) is 1. The number of aromatic nitrogens is 2. The molecular formula is C13H18N2O. The number of aromatic hydroxyl groups is 1. The van der Waals surface area contributed by atoms with Crippen LogP contribution >= 0.6 is 0 Å². The van der Waals surface area contributed by atoms with Gasteiger partial charge >= 0.3 is 0 Å². The van der Waals surface area contributed by atoms with Crippen LogP contribution in [0.5, 0.6) is 5.75 Å². The lowest BCUT2D eigenvalue weighted by Gasteiger charge is -2.14. The Morgan fingerprint density at radius 1 is 1.19 bits per heavy atom. The van der Waals surface area contributed by atoms with Gasteiger partial charge in [0.1, 0.15) is 11.6 Å². The van der Waals surface area contributed by atoms with E-state index >= 15 is 0 Å². The molecule has 1 aromatic heterocycles. The molecule has 0 radical (unpaired) electrons. The molecule has 0 saturated carbocycles. The van der Waals surface area contributed by atoms with Gasteiger partial charge in [-0.3, -0.25) is 0 Å². The van der Waals surface area contributed by atoms with Crippen LogP contribution in [-0.2, 0) is 0 Å². The number of fused-ring (bicyclic) bond motifs is 1. The molecule has 1 N–H and O–H groups in total. The largest absolute Gasteiger partial charge is 0.508 e. The molecule has 3 nitrogen and oxygen atoms in total. The zero-order chi connectivity index (χ0) is 11.9. The lowest BCUT2D eigenvalue weighted by Crippen LogP contribution is -2.07. The van der Waals surface area contributed by atoms with Crippen molar-refractivity contribution in [2.75, 3.05) is 0 Å². The van der Waals surface area contributed by atoms with Crippen molar-refractivity contribution in [3.8, 4) is 5.75 Å². The van der Waals surface area contributed by atoms with Crippen molar-refractivity contribution in [2.45, 2.75) is 39.7 Å². The Balaban J connectivity index is 2.77. The van der Waals surface area contributed by atoms with Gasteiger partial charge in [0.2, 0.25) is 0 Å². The Hall–Kier alpha value is -1.51. The first-order chi connectivity index (χ1) is 7.50. The van der Waals surface area contributed by atoms with Gasteiger partial charge in [-0.25, -0.2) is 4.98 Å². The first-order valence-corrected chi connectivity index (χ1v) is 5.71. The maximum Gasteiger partial charge on any atom is 0.117 e. The predicted molar refractivity (Wildman–Crippen MR) is 65.9 cm³/mol. The molecule has 0 saturated heterocycles. The summed E-state index contributed by atoms with van der Waals surface area (Å²) < 4.78 is 2.19. The maximum absolute atomic E-state index is 9.54. The van der Waals surface area contributed by atoms with E-state index in [-0.39, 0.29) is 0 Å². The van der Waals surface area contributed by atoms with E-state index in [1.54, 1.807) is 12.1 Å². The fourth-order valence-electron chi connectivity index (χ4n) is 2.05. The number of nitrogens with zero attached hydrogens (tertiary/aromatic N) is 2. The minimum absolute atomic E-state index is 0.296. The zero-order valence-electron chi connectivity index (χ0n) is 10.2. The molecule has 3 heteroatoms. The van der Waals surface area contributed by atoms with E-state index in [1.165, 1.54) is 0 Å². The summed E-state index contributed by atoms with van der Waals surface area (Å²) in [6.45, 7) is 8.55. The Bertz CT molecular complexity index is 512. The third-order valence-corrected chi connectivity index (χ3v) is 2.73. The molecule has 1 aromatic carbocycles. The average molecular weight is 218 g/mol. The molecule has 2 rings (SSSR count). The van der Waals surface area contributed by atoms with Gasteiger partial charge in [-0.05, 0) is 26.0 Å². The van der Waals surface area contributed by atoms with Gasteiger partial charge < -0.3 is 9.67 Å². The topological polar surface area (TPSA) is 38.1 Å². The van der Waals surface area contributed by atoms with E-state index in [2.05, 4.69) is 37.2 Å². The van der Waals surface area contributed by atoms with E-state index in [4.69, 9.17) is 0 Å².